The molecule has 6 nitrogen and oxygen atoms in total. The van der Waals surface area contributed by atoms with Crippen LogP contribution in [0.2, 0.25) is 0 Å². The number of benzene rings is 2. The first kappa shape index (κ1) is 23.8. The van der Waals surface area contributed by atoms with Gasteiger partial charge in [0.25, 0.3) is 0 Å². The van der Waals surface area contributed by atoms with Crippen LogP contribution in [0.5, 0.6) is 5.75 Å². The maximum atomic E-state index is 13.9. The summed E-state index contributed by atoms with van der Waals surface area (Å²) in [6.07, 6.45) is -0.933. The minimum Gasteiger partial charge on any atom is -0.466 e. The van der Waals surface area contributed by atoms with E-state index in [9.17, 15) is 22.8 Å². The minimum absolute atomic E-state index is 0.0147. The maximum absolute atomic E-state index is 13.9. The highest BCUT2D eigenvalue weighted by Gasteiger charge is 2.35. The number of amides is 1. The Morgan fingerprint density at radius 2 is 2.06 bits per heavy atom. The Kier molecular flexibility index (Phi) is 6.92. The lowest BCUT2D eigenvalue weighted by atomic mass is 9.92. The van der Waals surface area contributed by atoms with Gasteiger partial charge in [0.15, 0.2) is 5.75 Å². The van der Waals surface area contributed by atoms with E-state index in [4.69, 9.17) is 14.5 Å². The summed E-state index contributed by atoms with van der Waals surface area (Å²) in [4.78, 5) is 36.2. The zero-order valence-corrected chi connectivity index (χ0v) is 18.6. The standard InChI is InChI=1S/C25H24F3NO5/c1-2-32-24(31)19-10-12-29(15-19)22(30)9-7-16-4-3-5-20(25(26,27)28)23(16)18-6-8-21-17(14-18)11-13-33-34-21/h3-9,14,19H,2,10-13,15H2,1H3/b9-7+. The molecule has 1 saturated heterocycles. The molecule has 2 aliphatic rings. The predicted octanol–water partition coefficient (Wildman–Crippen LogP) is 4.66. The molecule has 0 radical (unpaired) electrons. The number of carbonyl (C=O) groups excluding carboxylic acids is 2. The van der Waals surface area contributed by atoms with Crippen LogP contribution in [0.1, 0.15) is 30.0 Å². The molecule has 0 saturated carbocycles. The Bertz CT molecular complexity index is 1110. The highest BCUT2D eigenvalue weighted by Crippen LogP contribution is 2.41. The summed E-state index contributed by atoms with van der Waals surface area (Å²) >= 11 is 0. The molecule has 2 aromatic carbocycles. The molecule has 34 heavy (non-hydrogen) atoms. The Hall–Kier alpha value is -3.33. The monoisotopic (exact) mass is 475 g/mol. The van der Waals surface area contributed by atoms with Crippen molar-refractivity contribution in [2.45, 2.75) is 25.9 Å². The molecule has 4 rings (SSSR count). The van der Waals surface area contributed by atoms with Gasteiger partial charge in [-0.2, -0.15) is 18.1 Å². The van der Waals surface area contributed by atoms with E-state index >= 15 is 0 Å². The van der Waals surface area contributed by atoms with Gasteiger partial charge in [-0.15, -0.1) is 0 Å². The zero-order chi connectivity index (χ0) is 24.3. The summed E-state index contributed by atoms with van der Waals surface area (Å²) < 4.78 is 46.7. The average molecular weight is 475 g/mol. The van der Waals surface area contributed by atoms with Crippen molar-refractivity contribution in [3.63, 3.8) is 0 Å². The molecule has 2 aromatic rings. The van der Waals surface area contributed by atoms with E-state index in [1.807, 2.05) is 0 Å². The van der Waals surface area contributed by atoms with E-state index in [1.165, 1.54) is 23.1 Å². The first-order chi connectivity index (χ1) is 16.3. The number of likely N-dealkylation sites (tertiary alicyclic amines) is 1. The van der Waals surface area contributed by atoms with Gasteiger partial charge in [0.2, 0.25) is 5.91 Å². The van der Waals surface area contributed by atoms with Crippen LogP contribution in [0.4, 0.5) is 13.2 Å². The number of nitrogens with zero attached hydrogens (tertiary/aromatic N) is 1. The molecule has 0 N–H and O–H groups in total. The average Bonchev–Trinajstić information content (AvgIpc) is 3.32. The summed E-state index contributed by atoms with van der Waals surface area (Å²) in [5, 5.41) is 0. The Morgan fingerprint density at radius 1 is 1.24 bits per heavy atom. The van der Waals surface area contributed by atoms with Gasteiger partial charge in [0.1, 0.15) is 0 Å². The van der Waals surface area contributed by atoms with Gasteiger partial charge in [0, 0.05) is 36.7 Å². The second-order valence-corrected chi connectivity index (χ2v) is 8.10. The van der Waals surface area contributed by atoms with Gasteiger partial charge >= 0.3 is 12.1 Å². The van der Waals surface area contributed by atoms with Crippen molar-refractivity contribution in [3.8, 4) is 16.9 Å². The van der Waals surface area contributed by atoms with E-state index in [1.54, 1.807) is 31.2 Å². The molecule has 180 valence electrons. The first-order valence-electron chi connectivity index (χ1n) is 11.0. The normalized spacial score (nSPS) is 18.0. The van der Waals surface area contributed by atoms with Crippen LogP contribution >= 0.6 is 0 Å². The number of esters is 1. The number of alkyl halides is 3. The summed E-state index contributed by atoms with van der Waals surface area (Å²) in [5.74, 6) is -0.630. The highest BCUT2D eigenvalue weighted by atomic mass is 19.4. The van der Waals surface area contributed by atoms with Crippen LogP contribution < -0.4 is 4.89 Å². The second-order valence-electron chi connectivity index (χ2n) is 8.10. The Balaban J connectivity index is 1.63. The van der Waals surface area contributed by atoms with E-state index in [-0.39, 0.29) is 42.1 Å². The van der Waals surface area contributed by atoms with Crippen molar-refractivity contribution in [3.05, 3.63) is 59.2 Å². The maximum Gasteiger partial charge on any atom is 0.417 e. The molecule has 1 fully saturated rings. The van der Waals surface area contributed by atoms with Gasteiger partial charge in [-0.3, -0.25) is 9.59 Å². The number of halogens is 3. The van der Waals surface area contributed by atoms with Crippen LogP contribution in [0.15, 0.2) is 42.5 Å². The molecule has 2 heterocycles. The van der Waals surface area contributed by atoms with E-state index in [2.05, 4.69) is 0 Å². The topological polar surface area (TPSA) is 65.1 Å². The largest absolute Gasteiger partial charge is 0.466 e. The van der Waals surface area contributed by atoms with Gasteiger partial charge in [-0.05, 0) is 48.7 Å². The van der Waals surface area contributed by atoms with Crippen molar-refractivity contribution in [2.75, 3.05) is 26.3 Å². The zero-order valence-electron chi connectivity index (χ0n) is 18.6. The van der Waals surface area contributed by atoms with Crippen LogP contribution in [-0.2, 0) is 31.8 Å². The number of ether oxygens (including phenoxy) is 1. The number of rotatable bonds is 5. The van der Waals surface area contributed by atoms with Crippen molar-refractivity contribution in [1.82, 2.24) is 4.90 Å². The molecule has 0 aliphatic carbocycles. The van der Waals surface area contributed by atoms with Gasteiger partial charge in [-0.25, -0.2) is 0 Å². The Morgan fingerprint density at radius 3 is 2.82 bits per heavy atom. The molecule has 0 bridgehead atoms. The number of hydrogen-bond acceptors (Lipinski definition) is 5. The third-order valence-electron chi connectivity index (χ3n) is 5.88. The second kappa shape index (κ2) is 9.89. The van der Waals surface area contributed by atoms with Gasteiger partial charge < -0.3 is 14.5 Å². The predicted molar refractivity (Wildman–Crippen MR) is 118 cm³/mol. The van der Waals surface area contributed by atoms with Crippen LogP contribution in [0.3, 0.4) is 0 Å². The third-order valence-corrected chi connectivity index (χ3v) is 5.88. The number of carbonyl (C=O) groups is 2. The summed E-state index contributed by atoms with van der Waals surface area (Å²) in [6, 6.07) is 8.66. The summed E-state index contributed by atoms with van der Waals surface area (Å²) in [5.41, 5.74) is 0.566. The molecular weight excluding hydrogens is 451 g/mol. The van der Waals surface area contributed by atoms with Crippen molar-refractivity contribution in [2.24, 2.45) is 5.92 Å². The van der Waals surface area contributed by atoms with E-state index in [0.29, 0.717) is 37.3 Å². The van der Waals surface area contributed by atoms with Crippen molar-refractivity contribution >= 4 is 18.0 Å². The molecule has 1 atom stereocenters. The first-order valence-corrected chi connectivity index (χ1v) is 11.0. The Labute approximate surface area is 194 Å². The SMILES string of the molecule is CCOC(=O)C1CCN(C(=O)/C=C/c2cccc(C(F)(F)F)c2-c2ccc3c(c2)CCOO3)C1. The van der Waals surface area contributed by atoms with Crippen LogP contribution in [-0.4, -0.2) is 43.1 Å². The molecule has 1 unspecified atom stereocenters. The third kappa shape index (κ3) is 5.09. The fraction of sp³-hybridized carbons (Fsp3) is 0.360. The van der Waals surface area contributed by atoms with E-state index in [0.717, 1.165) is 11.6 Å². The van der Waals surface area contributed by atoms with Gasteiger partial charge in [0.05, 0.1) is 24.7 Å². The molecule has 0 spiro atoms. The molecular formula is C25H24F3NO5. The van der Waals surface area contributed by atoms with Crippen LogP contribution in [0, 0.1) is 5.92 Å². The smallest absolute Gasteiger partial charge is 0.417 e. The summed E-state index contributed by atoms with van der Waals surface area (Å²) in [6.45, 7) is 2.90. The van der Waals surface area contributed by atoms with Crippen molar-refractivity contribution < 1.29 is 37.3 Å². The molecule has 2 aliphatic heterocycles. The lowest BCUT2D eigenvalue weighted by Gasteiger charge is -2.19. The number of fused-ring (bicyclic) bond motifs is 1. The van der Waals surface area contributed by atoms with Crippen molar-refractivity contribution in [1.29, 1.82) is 0 Å². The van der Waals surface area contributed by atoms with Crippen LogP contribution in [0.25, 0.3) is 17.2 Å². The minimum atomic E-state index is -4.58. The fourth-order valence-electron chi connectivity index (χ4n) is 4.22. The fourth-order valence-corrected chi connectivity index (χ4v) is 4.22. The molecule has 9 heteroatoms. The quantitative estimate of drug-likeness (QED) is 0.358. The van der Waals surface area contributed by atoms with Gasteiger partial charge in [-0.1, -0.05) is 18.2 Å². The molecule has 0 aromatic heterocycles. The van der Waals surface area contributed by atoms with E-state index < -0.39 is 11.7 Å². The highest BCUT2D eigenvalue weighted by molar-refractivity contribution is 5.94. The number of hydrogen-bond donors (Lipinski definition) is 0. The lowest BCUT2D eigenvalue weighted by molar-refractivity contribution is -0.215. The lowest BCUT2D eigenvalue weighted by Crippen LogP contribution is -2.28. The molecule has 1 amide bonds. The summed E-state index contributed by atoms with van der Waals surface area (Å²) in [7, 11) is 0.